The fourth-order valence-corrected chi connectivity index (χ4v) is 4.96. The van der Waals surface area contributed by atoms with Crippen LogP contribution in [0, 0.1) is 5.92 Å². The van der Waals surface area contributed by atoms with Gasteiger partial charge in [-0.05, 0) is 38.0 Å². The summed E-state index contributed by atoms with van der Waals surface area (Å²) in [6.45, 7) is 5.61. The van der Waals surface area contributed by atoms with E-state index in [2.05, 4.69) is 9.80 Å². The first-order valence-electron chi connectivity index (χ1n) is 9.29. The molecule has 3 fully saturated rings. The summed E-state index contributed by atoms with van der Waals surface area (Å²) in [7, 11) is 0. The lowest BCUT2D eigenvalue weighted by atomic mass is 9.82. The van der Waals surface area contributed by atoms with Gasteiger partial charge in [-0.15, -0.1) is 0 Å². The SMILES string of the molecule is CC(=O)N1CCCC[C@H]2CN(CC3(O)CCCCC3)CC[C@H]21. The summed E-state index contributed by atoms with van der Waals surface area (Å²) in [5.74, 6) is 0.851. The average molecular weight is 308 g/mol. The van der Waals surface area contributed by atoms with E-state index in [9.17, 15) is 9.90 Å². The molecule has 22 heavy (non-hydrogen) atoms. The number of fused-ring (bicyclic) bond motifs is 1. The molecule has 1 saturated carbocycles. The molecular weight excluding hydrogens is 276 g/mol. The molecule has 0 radical (unpaired) electrons. The number of hydrogen-bond donors (Lipinski definition) is 1. The van der Waals surface area contributed by atoms with Crippen LogP contribution in [0.2, 0.25) is 0 Å². The van der Waals surface area contributed by atoms with Crippen LogP contribution >= 0.6 is 0 Å². The van der Waals surface area contributed by atoms with Crippen LogP contribution in [-0.4, -0.2) is 58.6 Å². The Kier molecular flexibility index (Phi) is 5.08. The third-order valence-corrected chi connectivity index (χ3v) is 6.11. The normalized spacial score (nSPS) is 33.1. The van der Waals surface area contributed by atoms with E-state index in [-0.39, 0.29) is 5.91 Å². The lowest BCUT2D eigenvalue weighted by Gasteiger charge is -2.45. The molecule has 0 aromatic rings. The minimum atomic E-state index is -0.448. The predicted octanol–water partition coefficient (Wildman–Crippen LogP) is 2.40. The summed E-state index contributed by atoms with van der Waals surface area (Å²) in [6, 6.07) is 0.442. The van der Waals surface area contributed by atoms with E-state index >= 15 is 0 Å². The molecule has 2 saturated heterocycles. The summed E-state index contributed by atoms with van der Waals surface area (Å²) >= 11 is 0. The smallest absolute Gasteiger partial charge is 0.219 e. The molecule has 0 unspecified atom stereocenters. The highest BCUT2D eigenvalue weighted by atomic mass is 16.3. The van der Waals surface area contributed by atoms with Crippen molar-refractivity contribution in [3.05, 3.63) is 0 Å². The average Bonchev–Trinajstić information content (AvgIpc) is 2.69. The van der Waals surface area contributed by atoms with Gasteiger partial charge in [-0.1, -0.05) is 25.7 Å². The van der Waals surface area contributed by atoms with E-state index < -0.39 is 5.60 Å². The van der Waals surface area contributed by atoms with E-state index in [1.165, 1.54) is 32.1 Å². The number of amides is 1. The second-order valence-corrected chi connectivity index (χ2v) is 7.84. The zero-order valence-corrected chi connectivity index (χ0v) is 14.1. The zero-order valence-electron chi connectivity index (χ0n) is 14.1. The molecule has 2 atom stereocenters. The van der Waals surface area contributed by atoms with Gasteiger partial charge in [0.15, 0.2) is 0 Å². The number of rotatable bonds is 2. The molecule has 0 aromatic heterocycles. The van der Waals surface area contributed by atoms with Gasteiger partial charge >= 0.3 is 0 Å². The first-order chi connectivity index (χ1) is 10.6. The number of likely N-dealkylation sites (tertiary alicyclic amines) is 2. The maximum Gasteiger partial charge on any atom is 0.219 e. The van der Waals surface area contributed by atoms with Gasteiger partial charge in [0, 0.05) is 39.1 Å². The Morgan fingerprint density at radius 3 is 2.59 bits per heavy atom. The van der Waals surface area contributed by atoms with Gasteiger partial charge in [-0.2, -0.15) is 0 Å². The van der Waals surface area contributed by atoms with Crippen molar-refractivity contribution in [2.75, 3.05) is 26.2 Å². The Bertz CT molecular complexity index is 393. The second-order valence-electron chi connectivity index (χ2n) is 7.84. The monoisotopic (exact) mass is 308 g/mol. The van der Waals surface area contributed by atoms with Gasteiger partial charge in [0.05, 0.1) is 5.60 Å². The number of aliphatic hydroxyl groups is 1. The highest BCUT2D eigenvalue weighted by Gasteiger charge is 2.38. The Morgan fingerprint density at radius 2 is 1.86 bits per heavy atom. The largest absolute Gasteiger partial charge is 0.389 e. The van der Waals surface area contributed by atoms with Crippen molar-refractivity contribution in [1.29, 1.82) is 0 Å². The van der Waals surface area contributed by atoms with E-state index in [0.717, 1.165) is 51.9 Å². The number of piperidine rings is 1. The Morgan fingerprint density at radius 1 is 1.09 bits per heavy atom. The van der Waals surface area contributed by atoms with E-state index in [0.29, 0.717) is 12.0 Å². The van der Waals surface area contributed by atoms with Crippen molar-refractivity contribution in [2.24, 2.45) is 5.92 Å². The standard InChI is InChI=1S/C18H32N2O2/c1-15(21)20-11-6-3-7-16-13-19(12-8-17(16)20)14-18(22)9-4-2-5-10-18/h16-17,22H,2-14H2,1H3/t16-,17+/m0/s1. The van der Waals surface area contributed by atoms with Crippen molar-refractivity contribution in [1.82, 2.24) is 9.80 Å². The minimum absolute atomic E-state index is 0.247. The van der Waals surface area contributed by atoms with Crippen LogP contribution in [0.25, 0.3) is 0 Å². The number of hydrogen-bond acceptors (Lipinski definition) is 3. The molecule has 4 nitrogen and oxygen atoms in total. The van der Waals surface area contributed by atoms with Crippen molar-refractivity contribution >= 4 is 5.91 Å². The molecule has 1 aliphatic carbocycles. The molecule has 3 rings (SSSR count). The van der Waals surface area contributed by atoms with Gasteiger partial charge in [-0.25, -0.2) is 0 Å². The number of carbonyl (C=O) groups is 1. The van der Waals surface area contributed by atoms with Crippen LogP contribution in [0.5, 0.6) is 0 Å². The summed E-state index contributed by atoms with van der Waals surface area (Å²) in [5.41, 5.74) is -0.448. The summed E-state index contributed by atoms with van der Waals surface area (Å²) in [6.07, 6.45) is 10.3. The number of β-amino-alcohol motifs (C(OH)–C–C–N with tert-alkyl or cyclic N) is 1. The third kappa shape index (κ3) is 3.65. The zero-order chi connectivity index (χ0) is 15.6. The fraction of sp³-hybridized carbons (Fsp3) is 0.944. The molecule has 1 amide bonds. The molecule has 2 aliphatic heterocycles. The third-order valence-electron chi connectivity index (χ3n) is 6.11. The first-order valence-corrected chi connectivity index (χ1v) is 9.29. The lowest BCUT2D eigenvalue weighted by molar-refractivity contribution is -0.133. The number of carbonyl (C=O) groups excluding carboxylic acids is 1. The fourth-order valence-electron chi connectivity index (χ4n) is 4.96. The molecule has 0 spiro atoms. The van der Waals surface area contributed by atoms with Crippen molar-refractivity contribution in [3.63, 3.8) is 0 Å². The highest BCUT2D eigenvalue weighted by Crippen LogP contribution is 2.33. The summed E-state index contributed by atoms with van der Waals surface area (Å²) in [5, 5.41) is 10.8. The van der Waals surface area contributed by atoms with Crippen molar-refractivity contribution < 1.29 is 9.90 Å². The van der Waals surface area contributed by atoms with Gasteiger partial charge in [-0.3, -0.25) is 4.79 Å². The Hall–Kier alpha value is -0.610. The molecule has 4 heteroatoms. The first kappa shape index (κ1) is 16.3. The maximum absolute atomic E-state index is 11.9. The van der Waals surface area contributed by atoms with Crippen molar-refractivity contribution in [2.45, 2.75) is 76.4 Å². The van der Waals surface area contributed by atoms with Gasteiger partial charge in [0.2, 0.25) is 5.91 Å². The summed E-state index contributed by atoms with van der Waals surface area (Å²) < 4.78 is 0. The minimum Gasteiger partial charge on any atom is -0.389 e. The summed E-state index contributed by atoms with van der Waals surface area (Å²) in [4.78, 5) is 16.5. The Labute approximate surface area is 134 Å². The predicted molar refractivity (Wildman–Crippen MR) is 87.6 cm³/mol. The number of nitrogens with zero attached hydrogens (tertiary/aromatic N) is 2. The van der Waals surface area contributed by atoms with Crippen LogP contribution in [0.1, 0.15) is 64.7 Å². The molecule has 0 aromatic carbocycles. The van der Waals surface area contributed by atoms with Crippen molar-refractivity contribution in [3.8, 4) is 0 Å². The van der Waals surface area contributed by atoms with Crippen LogP contribution in [0.4, 0.5) is 0 Å². The molecule has 1 N–H and O–H groups in total. The van der Waals surface area contributed by atoms with E-state index in [1.54, 1.807) is 6.92 Å². The van der Waals surface area contributed by atoms with Crippen LogP contribution in [0.3, 0.4) is 0 Å². The molecule has 0 bridgehead atoms. The van der Waals surface area contributed by atoms with Gasteiger partial charge < -0.3 is 14.9 Å². The topological polar surface area (TPSA) is 43.8 Å². The molecule has 3 aliphatic rings. The van der Waals surface area contributed by atoms with Crippen LogP contribution < -0.4 is 0 Å². The molecular formula is C18H32N2O2. The van der Waals surface area contributed by atoms with Gasteiger partial charge in [0.25, 0.3) is 0 Å². The van der Waals surface area contributed by atoms with Crippen LogP contribution in [0.15, 0.2) is 0 Å². The highest BCUT2D eigenvalue weighted by molar-refractivity contribution is 5.73. The Balaban J connectivity index is 1.61. The lowest BCUT2D eigenvalue weighted by Crippen LogP contribution is -2.55. The maximum atomic E-state index is 11.9. The van der Waals surface area contributed by atoms with Crippen LogP contribution in [-0.2, 0) is 4.79 Å². The quantitative estimate of drug-likeness (QED) is 0.852. The van der Waals surface area contributed by atoms with Gasteiger partial charge in [0.1, 0.15) is 0 Å². The van der Waals surface area contributed by atoms with E-state index in [1.807, 2.05) is 0 Å². The molecule has 2 heterocycles. The van der Waals surface area contributed by atoms with E-state index in [4.69, 9.17) is 0 Å². The second kappa shape index (κ2) is 6.88. The molecule has 126 valence electrons.